The molecule has 1 N–H and O–H groups in total. The van der Waals surface area contributed by atoms with Gasteiger partial charge in [-0.05, 0) is 18.2 Å². The molecule has 0 saturated carbocycles. The van der Waals surface area contributed by atoms with Crippen LogP contribution in [-0.4, -0.2) is 29.0 Å². The molecule has 0 fully saturated rings. The van der Waals surface area contributed by atoms with Gasteiger partial charge < -0.3 is 5.32 Å². The van der Waals surface area contributed by atoms with Crippen molar-refractivity contribution in [2.45, 2.75) is 0 Å². The van der Waals surface area contributed by atoms with E-state index in [2.05, 4.69) is 32.6 Å². The lowest BCUT2D eigenvalue weighted by Crippen LogP contribution is -2.07. The molecule has 84 valence electrons. The van der Waals surface area contributed by atoms with Crippen molar-refractivity contribution >= 4 is 11.4 Å². The highest BCUT2D eigenvalue weighted by molar-refractivity contribution is 6.15. The molecule has 4 nitrogen and oxygen atoms in total. The molecular formula is C13H12N4. The maximum atomic E-state index is 4.59. The van der Waals surface area contributed by atoms with Crippen LogP contribution in [-0.2, 0) is 0 Å². The number of rotatable bonds is 1. The van der Waals surface area contributed by atoms with Crippen LogP contribution in [0.3, 0.4) is 0 Å². The molecule has 1 aromatic carbocycles. The van der Waals surface area contributed by atoms with Gasteiger partial charge in [-0.15, -0.1) is 5.10 Å². The summed E-state index contributed by atoms with van der Waals surface area (Å²) in [6, 6.07) is 12.0. The number of fused-ring (bicyclic) bond motifs is 1. The topological polar surface area (TPSA) is 50.2 Å². The zero-order chi connectivity index (χ0) is 11.5. The minimum absolute atomic E-state index is 0.751. The van der Waals surface area contributed by atoms with Crippen LogP contribution in [0, 0.1) is 0 Å². The lowest BCUT2D eigenvalue weighted by Gasteiger charge is -2.08. The largest absolute Gasteiger partial charge is 0.383 e. The third-order valence-corrected chi connectivity index (χ3v) is 2.69. The number of para-hydroxylation sites is 1. The van der Waals surface area contributed by atoms with E-state index in [0.29, 0.717) is 0 Å². The third-order valence-electron chi connectivity index (χ3n) is 2.69. The molecule has 1 aromatic heterocycles. The van der Waals surface area contributed by atoms with E-state index in [-0.39, 0.29) is 0 Å². The maximum absolute atomic E-state index is 4.59. The third kappa shape index (κ3) is 1.89. The summed E-state index contributed by atoms with van der Waals surface area (Å²) in [5.74, 6) is 0. The molecule has 2 aromatic rings. The Balaban J connectivity index is 2.14. The van der Waals surface area contributed by atoms with Crippen LogP contribution in [0.1, 0.15) is 11.3 Å². The van der Waals surface area contributed by atoms with Gasteiger partial charge >= 0.3 is 0 Å². The molecule has 2 heterocycles. The number of benzene rings is 1. The predicted octanol–water partition coefficient (Wildman–Crippen LogP) is 1.74. The van der Waals surface area contributed by atoms with Gasteiger partial charge in [0.1, 0.15) is 5.69 Å². The number of aromatic nitrogens is 2. The van der Waals surface area contributed by atoms with Crippen LogP contribution < -0.4 is 5.32 Å². The quantitative estimate of drug-likeness (QED) is 0.802. The summed E-state index contributed by atoms with van der Waals surface area (Å²) in [7, 11) is 0. The van der Waals surface area contributed by atoms with Crippen LogP contribution in [0.15, 0.2) is 47.6 Å². The zero-order valence-electron chi connectivity index (χ0n) is 9.30. The van der Waals surface area contributed by atoms with E-state index in [0.717, 1.165) is 35.7 Å². The van der Waals surface area contributed by atoms with Crippen molar-refractivity contribution in [1.82, 2.24) is 10.2 Å². The van der Waals surface area contributed by atoms with E-state index in [1.54, 1.807) is 6.20 Å². The molecule has 0 atom stereocenters. The van der Waals surface area contributed by atoms with Gasteiger partial charge in [-0.25, -0.2) is 0 Å². The van der Waals surface area contributed by atoms with Gasteiger partial charge in [-0.3, -0.25) is 4.99 Å². The van der Waals surface area contributed by atoms with E-state index in [4.69, 9.17) is 0 Å². The Morgan fingerprint density at radius 3 is 2.88 bits per heavy atom. The van der Waals surface area contributed by atoms with Crippen LogP contribution in [0.5, 0.6) is 0 Å². The number of aliphatic imine (C=N–C) groups is 1. The minimum atomic E-state index is 0.751. The first kappa shape index (κ1) is 9.96. The van der Waals surface area contributed by atoms with E-state index in [9.17, 15) is 0 Å². The number of hydrogen-bond donors (Lipinski definition) is 1. The summed E-state index contributed by atoms with van der Waals surface area (Å²) in [6.45, 7) is 1.60. The second kappa shape index (κ2) is 4.33. The molecule has 4 heteroatoms. The minimum Gasteiger partial charge on any atom is -0.383 e. The number of benzodiazepines with no additional fused rings is 1. The van der Waals surface area contributed by atoms with Crippen LogP contribution in [0.4, 0.5) is 5.69 Å². The number of nitrogens with one attached hydrogen (secondary N) is 1. The van der Waals surface area contributed by atoms with Gasteiger partial charge in [0.05, 0.1) is 12.3 Å². The number of hydrogen-bond acceptors (Lipinski definition) is 4. The Hall–Kier alpha value is -2.23. The summed E-state index contributed by atoms with van der Waals surface area (Å²) in [4.78, 5) is 4.59. The van der Waals surface area contributed by atoms with Crippen LogP contribution in [0.25, 0.3) is 0 Å². The highest BCUT2D eigenvalue weighted by atomic mass is 15.1. The summed E-state index contributed by atoms with van der Waals surface area (Å²) < 4.78 is 0. The van der Waals surface area contributed by atoms with Crippen molar-refractivity contribution in [3.05, 3.63) is 53.9 Å². The molecule has 0 saturated heterocycles. The summed E-state index contributed by atoms with van der Waals surface area (Å²) in [5, 5.41) is 11.4. The average Bonchev–Trinajstić information content (AvgIpc) is 2.62. The molecule has 0 spiro atoms. The Kier molecular flexibility index (Phi) is 2.54. The normalized spacial score (nSPS) is 14.2. The summed E-state index contributed by atoms with van der Waals surface area (Å²) in [5.41, 5.74) is 3.93. The van der Waals surface area contributed by atoms with Gasteiger partial charge in [0.2, 0.25) is 0 Å². The Morgan fingerprint density at radius 1 is 1.06 bits per heavy atom. The van der Waals surface area contributed by atoms with Gasteiger partial charge in [0.15, 0.2) is 0 Å². The van der Waals surface area contributed by atoms with Crippen molar-refractivity contribution in [2.24, 2.45) is 4.99 Å². The first-order chi connectivity index (χ1) is 8.45. The molecule has 17 heavy (non-hydrogen) atoms. The zero-order valence-corrected chi connectivity index (χ0v) is 9.30. The molecule has 0 unspecified atom stereocenters. The second-order valence-electron chi connectivity index (χ2n) is 3.81. The molecule has 1 aliphatic rings. The van der Waals surface area contributed by atoms with Crippen molar-refractivity contribution in [2.75, 3.05) is 18.4 Å². The Morgan fingerprint density at radius 2 is 2.00 bits per heavy atom. The summed E-state index contributed by atoms with van der Waals surface area (Å²) in [6.07, 6.45) is 1.67. The Bertz CT molecular complexity index is 548. The molecule has 0 amide bonds. The molecule has 0 bridgehead atoms. The molecule has 3 rings (SSSR count). The number of nitrogens with zero attached hydrogens (tertiary/aromatic N) is 3. The second-order valence-corrected chi connectivity index (χ2v) is 3.81. The highest BCUT2D eigenvalue weighted by Gasteiger charge is 2.14. The first-order valence-electron chi connectivity index (χ1n) is 5.61. The molecule has 1 aliphatic heterocycles. The van der Waals surface area contributed by atoms with Crippen LogP contribution >= 0.6 is 0 Å². The summed E-state index contributed by atoms with van der Waals surface area (Å²) >= 11 is 0. The van der Waals surface area contributed by atoms with Crippen molar-refractivity contribution in [3.8, 4) is 0 Å². The lowest BCUT2D eigenvalue weighted by atomic mass is 10.1. The van der Waals surface area contributed by atoms with Crippen molar-refractivity contribution < 1.29 is 0 Å². The highest BCUT2D eigenvalue weighted by Crippen LogP contribution is 2.20. The van der Waals surface area contributed by atoms with E-state index >= 15 is 0 Å². The van der Waals surface area contributed by atoms with Crippen molar-refractivity contribution in [1.29, 1.82) is 0 Å². The van der Waals surface area contributed by atoms with Gasteiger partial charge in [0.25, 0.3) is 0 Å². The Labute approximate surface area is 99.4 Å². The van der Waals surface area contributed by atoms with E-state index in [1.165, 1.54) is 0 Å². The number of anilines is 1. The van der Waals surface area contributed by atoms with Gasteiger partial charge in [-0.2, -0.15) is 5.10 Å². The fraction of sp³-hybridized carbons (Fsp3) is 0.154. The monoisotopic (exact) mass is 224 g/mol. The van der Waals surface area contributed by atoms with Gasteiger partial charge in [0, 0.05) is 24.0 Å². The standard InChI is InChI=1S/C13H12N4/c1-2-5-11-10(4-1)13(15-9-8-14-11)12-6-3-7-16-17-12/h1-7,14H,8-9H2. The van der Waals surface area contributed by atoms with Crippen LogP contribution in [0.2, 0.25) is 0 Å². The predicted molar refractivity (Wildman–Crippen MR) is 67.5 cm³/mol. The van der Waals surface area contributed by atoms with E-state index in [1.807, 2.05) is 24.3 Å². The fourth-order valence-electron chi connectivity index (χ4n) is 1.93. The maximum Gasteiger partial charge on any atom is 0.112 e. The van der Waals surface area contributed by atoms with Gasteiger partial charge in [-0.1, -0.05) is 18.2 Å². The molecular weight excluding hydrogens is 212 g/mol. The van der Waals surface area contributed by atoms with Crippen molar-refractivity contribution in [3.63, 3.8) is 0 Å². The SMILES string of the molecule is c1cnnc(C2=NCCNc3ccccc32)c1. The molecule has 0 radical (unpaired) electrons. The average molecular weight is 224 g/mol. The fourth-order valence-corrected chi connectivity index (χ4v) is 1.93. The molecule has 0 aliphatic carbocycles. The van der Waals surface area contributed by atoms with E-state index < -0.39 is 0 Å². The lowest BCUT2D eigenvalue weighted by molar-refractivity contribution is 1.00. The smallest absolute Gasteiger partial charge is 0.112 e. The first-order valence-corrected chi connectivity index (χ1v) is 5.61.